The lowest BCUT2D eigenvalue weighted by molar-refractivity contribution is 0.0694. The van der Waals surface area contributed by atoms with Crippen molar-refractivity contribution < 1.29 is 14.6 Å². The molecule has 0 bridgehead atoms. The quantitative estimate of drug-likeness (QED) is 0.924. The highest BCUT2D eigenvalue weighted by molar-refractivity contribution is 9.10. The molecule has 0 saturated heterocycles. The van der Waals surface area contributed by atoms with Crippen LogP contribution in [0, 0.1) is 0 Å². The van der Waals surface area contributed by atoms with Crippen LogP contribution in [0.4, 0.5) is 5.95 Å². The van der Waals surface area contributed by atoms with Crippen LogP contribution in [0.5, 0.6) is 11.6 Å². The van der Waals surface area contributed by atoms with Gasteiger partial charge in [-0.2, -0.15) is 4.98 Å². The van der Waals surface area contributed by atoms with E-state index in [1.54, 1.807) is 43.4 Å². The summed E-state index contributed by atoms with van der Waals surface area (Å²) in [5, 5.41) is 9.14. The summed E-state index contributed by atoms with van der Waals surface area (Å²) in [6.07, 6.45) is 1.55. The molecule has 1 aromatic carbocycles. The topological polar surface area (TPSA) is 75.6 Å². The van der Waals surface area contributed by atoms with Gasteiger partial charge in [-0.25, -0.2) is 9.78 Å². The van der Waals surface area contributed by atoms with E-state index in [1.807, 2.05) is 0 Å². The number of benzene rings is 1. The second-order valence-electron chi connectivity index (χ2n) is 4.14. The van der Waals surface area contributed by atoms with Crippen LogP contribution in [-0.4, -0.2) is 35.1 Å². The van der Waals surface area contributed by atoms with E-state index in [0.29, 0.717) is 5.95 Å². The van der Waals surface area contributed by atoms with Crippen molar-refractivity contribution in [1.29, 1.82) is 0 Å². The first-order valence-electron chi connectivity index (χ1n) is 5.68. The number of nitrogens with zero attached hydrogens (tertiary/aromatic N) is 3. The molecule has 0 aliphatic carbocycles. The largest absolute Gasteiger partial charge is 0.478 e. The molecule has 2 aromatic rings. The van der Waals surface area contributed by atoms with Gasteiger partial charge in [0.1, 0.15) is 11.3 Å². The lowest BCUT2D eigenvalue weighted by atomic mass is 10.2. The van der Waals surface area contributed by atoms with E-state index in [2.05, 4.69) is 25.9 Å². The van der Waals surface area contributed by atoms with Gasteiger partial charge in [0.2, 0.25) is 11.8 Å². The van der Waals surface area contributed by atoms with Crippen molar-refractivity contribution in [3.8, 4) is 11.6 Å². The van der Waals surface area contributed by atoms with Crippen LogP contribution in [0.2, 0.25) is 0 Å². The number of halogens is 1. The molecule has 0 saturated carbocycles. The van der Waals surface area contributed by atoms with Gasteiger partial charge in [-0.3, -0.25) is 0 Å². The van der Waals surface area contributed by atoms with Crippen LogP contribution in [0.25, 0.3) is 0 Å². The summed E-state index contributed by atoms with van der Waals surface area (Å²) >= 11 is 3.28. The van der Waals surface area contributed by atoms with Gasteiger partial charge in [-0.05, 0) is 18.2 Å². The van der Waals surface area contributed by atoms with E-state index in [-0.39, 0.29) is 17.2 Å². The van der Waals surface area contributed by atoms with Crippen LogP contribution in [0.3, 0.4) is 0 Å². The third-order valence-corrected chi connectivity index (χ3v) is 2.90. The number of aromatic nitrogens is 2. The van der Waals surface area contributed by atoms with Gasteiger partial charge in [0.05, 0.1) is 0 Å². The molecule has 0 spiro atoms. The van der Waals surface area contributed by atoms with Crippen molar-refractivity contribution in [3.05, 3.63) is 40.5 Å². The summed E-state index contributed by atoms with van der Waals surface area (Å²) in [7, 11) is 3.61. The van der Waals surface area contributed by atoms with Crippen molar-refractivity contribution in [3.63, 3.8) is 0 Å². The number of anilines is 1. The first kappa shape index (κ1) is 14.3. The maximum Gasteiger partial charge on any atom is 0.339 e. The first-order chi connectivity index (χ1) is 9.47. The number of aromatic carboxylic acids is 1. The Morgan fingerprint density at radius 3 is 2.75 bits per heavy atom. The summed E-state index contributed by atoms with van der Waals surface area (Å²) < 4.78 is 6.28. The zero-order valence-corrected chi connectivity index (χ0v) is 12.5. The molecular weight excluding hydrogens is 326 g/mol. The Kier molecular flexibility index (Phi) is 4.19. The van der Waals surface area contributed by atoms with Crippen molar-refractivity contribution >= 4 is 27.8 Å². The highest BCUT2D eigenvalue weighted by atomic mass is 79.9. The maximum absolute atomic E-state index is 11.2. The molecule has 1 N–H and O–H groups in total. The number of hydrogen-bond acceptors (Lipinski definition) is 5. The molecule has 0 aliphatic rings. The number of hydrogen-bond donors (Lipinski definition) is 1. The van der Waals surface area contributed by atoms with E-state index < -0.39 is 5.97 Å². The van der Waals surface area contributed by atoms with E-state index in [9.17, 15) is 4.79 Å². The lowest BCUT2D eigenvalue weighted by Gasteiger charge is -2.12. The van der Waals surface area contributed by atoms with Gasteiger partial charge < -0.3 is 14.7 Å². The summed E-state index contributed by atoms with van der Waals surface area (Å²) in [4.78, 5) is 21.1. The number of carboxylic acid groups (broad SMARTS) is 1. The molecule has 0 atom stereocenters. The van der Waals surface area contributed by atoms with E-state index in [4.69, 9.17) is 9.84 Å². The highest BCUT2D eigenvalue weighted by Gasteiger charge is 2.13. The SMILES string of the molecule is CN(C)c1nccc(Oc2cc(Br)ccc2C(=O)O)n1. The van der Waals surface area contributed by atoms with Gasteiger partial charge in [-0.1, -0.05) is 15.9 Å². The molecule has 2 rings (SSSR count). The smallest absolute Gasteiger partial charge is 0.339 e. The normalized spacial score (nSPS) is 10.2. The van der Waals surface area contributed by atoms with Crippen LogP contribution < -0.4 is 9.64 Å². The zero-order chi connectivity index (χ0) is 14.7. The number of carboxylic acids is 1. The predicted molar refractivity (Wildman–Crippen MR) is 77.5 cm³/mol. The molecule has 104 valence electrons. The van der Waals surface area contributed by atoms with E-state index >= 15 is 0 Å². The zero-order valence-electron chi connectivity index (χ0n) is 10.9. The summed E-state index contributed by atoms with van der Waals surface area (Å²) in [5.74, 6) is -0.0802. The fraction of sp³-hybridized carbons (Fsp3) is 0.154. The second-order valence-corrected chi connectivity index (χ2v) is 5.05. The summed E-state index contributed by atoms with van der Waals surface area (Å²) in [6.45, 7) is 0. The molecule has 20 heavy (non-hydrogen) atoms. The molecule has 6 nitrogen and oxygen atoms in total. The molecule has 0 fully saturated rings. The first-order valence-corrected chi connectivity index (χ1v) is 6.48. The molecule has 7 heteroatoms. The van der Waals surface area contributed by atoms with Crippen molar-refractivity contribution in [2.45, 2.75) is 0 Å². The molecule has 1 aromatic heterocycles. The Morgan fingerprint density at radius 1 is 1.35 bits per heavy atom. The Hall–Kier alpha value is -2.15. The standard InChI is InChI=1S/C13H12BrN3O3/c1-17(2)13-15-6-5-11(16-13)20-10-7-8(14)3-4-9(10)12(18)19/h3-7H,1-2H3,(H,18,19). The molecule has 1 heterocycles. The Balaban J connectivity index is 2.36. The third-order valence-electron chi connectivity index (χ3n) is 2.41. The van der Waals surface area contributed by atoms with Gasteiger partial charge in [-0.15, -0.1) is 0 Å². The summed E-state index contributed by atoms with van der Waals surface area (Å²) in [5.41, 5.74) is 0.0678. The minimum atomic E-state index is -1.06. The number of carbonyl (C=O) groups is 1. The minimum absolute atomic E-state index is 0.0678. The molecule has 0 aliphatic heterocycles. The van der Waals surface area contributed by atoms with Gasteiger partial charge in [0.25, 0.3) is 0 Å². The van der Waals surface area contributed by atoms with Crippen molar-refractivity contribution in [1.82, 2.24) is 9.97 Å². The summed E-state index contributed by atoms with van der Waals surface area (Å²) in [6, 6.07) is 6.26. The molecule has 0 amide bonds. The Morgan fingerprint density at radius 2 is 2.10 bits per heavy atom. The molecular formula is C13H12BrN3O3. The lowest BCUT2D eigenvalue weighted by Crippen LogP contribution is -2.12. The monoisotopic (exact) mass is 337 g/mol. The fourth-order valence-corrected chi connectivity index (χ4v) is 1.81. The van der Waals surface area contributed by atoms with Crippen LogP contribution in [0.15, 0.2) is 34.9 Å². The number of rotatable bonds is 4. The van der Waals surface area contributed by atoms with Crippen molar-refractivity contribution in [2.75, 3.05) is 19.0 Å². The molecule has 0 unspecified atom stereocenters. The van der Waals surface area contributed by atoms with Crippen molar-refractivity contribution in [2.24, 2.45) is 0 Å². The van der Waals surface area contributed by atoms with E-state index in [0.717, 1.165) is 4.47 Å². The van der Waals surface area contributed by atoms with Gasteiger partial charge in [0, 0.05) is 30.8 Å². The Labute approximate surface area is 124 Å². The fourth-order valence-electron chi connectivity index (χ4n) is 1.47. The van der Waals surface area contributed by atoms with E-state index in [1.165, 1.54) is 6.07 Å². The second kappa shape index (κ2) is 5.87. The highest BCUT2D eigenvalue weighted by Crippen LogP contribution is 2.28. The maximum atomic E-state index is 11.2. The Bertz CT molecular complexity index is 647. The third kappa shape index (κ3) is 3.24. The predicted octanol–water partition coefficient (Wildman–Crippen LogP) is 2.80. The van der Waals surface area contributed by atoms with Crippen LogP contribution in [-0.2, 0) is 0 Å². The van der Waals surface area contributed by atoms with Gasteiger partial charge in [0.15, 0.2) is 0 Å². The average molecular weight is 338 g/mol. The van der Waals surface area contributed by atoms with Crippen LogP contribution >= 0.6 is 15.9 Å². The minimum Gasteiger partial charge on any atom is -0.478 e. The average Bonchev–Trinajstić information content (AvgIpc) is 2.38. The van der Waals surface area contributed by atoms with Gasteiger partial charge >= 0.3 is 5.97 Å². The molecule has 0 radical (unpaired) electrons. The number of ether oxygens (including phenoxy) is 1. The van der Waals surface area contributed by atoms with Crippen LogP contribution in [0.1, 0.15) is 10.4 Å².